The summed E-state index contributed by atoms with van der Waals surface area (Å²) in [6.45, 7) is 2.51. The monoisotopic (exact) mass is 315 g/mol. The van der Waals surface area contributed by atoms with Gasteiger partial charge in [0.15, 0.2) is 0 Å². The molecule has 1 atom stereocenters. The Morgan fingerprint density at radius 3 is 2.87 bits per heavy atom. The van der Waals surface area contributed by atoms with Crippen molar-refractivity contribution in [1.82, 2.24) is 25.0 Å². The second-order valence-corrected chi connectivity index (χ2v) is 6.14. The number of hydrogen-bond acceptors (Lipinski definition) is 7. The van der Waals surface area contributed by atoms with Gasteiger partial charge < -0.3 is 14.2 Å². The first-order chi connectivity index (χ1) is 11.2. The molecule has 0 N–H and O–H groups in total. The molecule has 0 aromatic carbocycles. The number of carbonyl (C=O) groups is 1. The normalized spacial score (nSPS) is 24.5. The van der Waals surface area contributed by atoms with E-state index in [4.69, 9.17) is 9.26 Å². The summed E-state index contributed by atoms with van der Waals surface area (Å²) in [5, 5.41) is 3.89. The van der Waals surface area contributed by atoms with Crippen LogP contribution in [-0.2, 0) is 16.1 Å². The highest BCUT2D eigenvalue weighted by Gasteiger charge is 2.42. The Hall–Kier alpha value is -2.35. The molecule has 1 amide bonds. The molecule has 8 heteroatoms. The largest absolute Gasteiger partial charge is 0.381 e. The van der Waals surface area contributed by atoms with Gasteiger partial charge in [0.25, 0.3) is 0 Å². The van der Waals surface area contributed by atoms with Gasteiger partial charge in [-0.25, -0.2) is 9.97 Å². The lowest BCUT2D eigenvalue weighted by atomic mass is 9.79. The van der Waals surface area contributed by atoms with E-state index in [1.807, 2.05) is 0 Å². The molecule has 0 saturated carbocycles. The van der Waals surface area contributed by atoms with Crippen LogP contribution in [0.25, 0.3) is 11.6 Å². The first kappa shape index (κ1) is 14.3. The molecule has 120 valence electrons. The first-order valence-electron chi connectivity index (χ1n) is 7.70. The van der Waals surface area contributed by atoms with Crippen molar-refractivity contribution in [3.63, 3.8) is 0 Å². The summed E-state index contributed by atoms with van der Waals surface area (Å²) >= 11 is 0. The van der Waals surface area contributed by atoms with E-state index in [1.165, 1.54) is 0 Å². The molecule has 4 rings (SSSR count). The predicted octanol–water partition coefficient (Wildman–Crippen LogP) is 1.06. The van der Waals surface area contributed by atoms with Gasteiger partial charge in [0.1, 0.15) is 6.54 Å². The van der Waals surface area contributed by atoms with E-state index in [1.54, 1.807) is 23.4 Å². The lowest BCUT2D eigenvalue weighted by molar-refractivity contribution is -0.138. The lowest BCUT2D eigenvalue weighted by Gasteiger charge is -2.38. The molecule has 4 heterocycles. The maximum Gasteiger partial charge on any atom is 0.246 e. The molecule has 1 spiro atoms. The van der Waals surface area contributed by atoms with E-state index >= 15 is 0 Å². The number of nitrogens with zero attached hydrogens (tertiary/aromatic N) is 5. The van der Waals surface area contributed by atoms with E-state index < -0.39 is 0 Å². The van der Waals surface area contributed by atoms with Crippen molar-refractivity contribution in [1.29, 1.82) is 0 Å². The number of likely N-dealkylation sites (tertiary alicyclic amines) is 1. The number of piperidine rings is 1. The maximum atomic E-state index is 12.2. The zero-order valence-electron chi connectivity index (χ0n) is 12.6. The Morgan fingerprint density at radius 1 is 1.22 bits per heavy atom. The molecule has 8 nitrogen and oxygen atoms in total. The van der Waals surface area contributed by atoms with Crippen LogP contribution in [0.2, 0.25) is 0 Å². The Kier molecular flexibility index (Phi) is 3.53. The van der Waals surface area contributed by atoms with Crippen molar-refractivity contribution in [2.45, 2.75) is 25.8 Å². The molecule has 1 unspecified atom stereocenters. The van der Waals surface area contributed by atoms with Crippen LogP contribution in [0, 0.1) is 5.41 Å². The molecule has 0 bridgehead atoms. The fraction of sp³-hybridized carbons (Fsp3) is 0.533. The van der Waals surface area contributed by atoms with E-state index in [2.05, 4.69) is 20.1 Å². The number of rotatable bonds is 3. The van der Waals surface area contributed by atoms with Gasteiger partial charge in [-0.1, -0.05) is 5.16 Å². The van der Waals surface area contributed by atoms with Gasteiger partial charge in [0, 0.05) is 37.4 Å². The van der Waals surface area contributed by atoms with Gasteiger partial charge in [0.05, 0.1) is 6.61 Å². The van der Waals surface area contributed by atoms with E-state index in [0.29, 0.717) is 37.0 Å². The van der Waals surface area contributed by atoms with Crippen LogP contribution in [0.3, 0.4) is 0 Å². The summed E-state index contributed by atoms with van der Waals surface area (Å²) in [6, 6.07) is 1.72. The van der Waals surface area contributed by atoms with E-state index in [-0.39, 0.29) is 11.3 Å². The Morgan fingerprint density at radius 2 is 2.09 bits per heavy atom. The Bertz CT molecular complexity index is 696. The quantitative estimate of drug-likeness (QED) is 0.835. The topological polar surface area (TPSA) is 94.2 Å². The summed E-state index contributed by atoms with van der Waals surface area (Å²) < 4.78 is 10.8. The minimum Gasteiger partial charge on any atom is -0.381 e. The van der Waals surface area contributed by atoms with Gasteiger partial charge in [-0.15, -0.1) is 0 Å². The molecule has 2 aromatic rings. The average Bonchev–Trinajstić information content (AvgIpc) is 3.22. The number of hydrogen-bond donors (Lipinski definition) is 0. The zero-order chi connectivity index (χ0) is 15.7. The number of amides is 1. The molecule has 23 heavy (non-hydrogen) atoms. The Labute approximate surface area is 132 Å². The van der Waals surface area contributed by atoms with Gasteiger partial charge in [-0.2, -0.15) is 4.98 Å². The fourth-order valence-electron chi connectivity index (χ4n) is 3.21. The van der Waals surface area contributed by atoms with Crippen LogP contribution >= 0.6 is 0 Å². The predicted molar refractivity (Wildman–Crippen MR) is 77.8 cm³/mol. The van der Waals surface area contributed by atoms with Crippen molar-refractivity contribution in [2.24, 2.45) is 5.41 Å². The van der Waals surface area contributed by atoms with Crippen molar-refractivity contribution < 1.29 is 14.1 Å². The van der Waals surface area contributed by atoms with Crippen molar-refractivity contribution >= 4 is 5.91 Å². The molecule has 0 aliphatic carbocycles. The van der Waals surface area contributed by atoms with E-state index in [9.17, 15) is 4.79 Å². The molecule has 2 aliphatic rings. The summed E-state index contributed by atoms with van der Waals surface area (Å²) in [7, 11) is 0. The molecular weight excluding hydrogens is 298 g/mol. The highest BCUT2D eigenvalue weighted by atomic mass is 16.5. The average molecular weight is 315 g/mol. The third-order valence-electron chi connectivity index (χ3n) is 4.49. The minimum atomic E-state index is 0.0965. The number of carbonyl (C=O) groups excluding carboxylic acids is 1. The third kappa shape index (κ3) is 2.81. The summed E-state index contributed by atoms with van der Waals surface area (Å²) in [5.74, 6) is 1.27. The lowest BCUT2D eigenvalue weighted by Crippen LogP contribution is -2.46. The van der Waals surface area contributed by atoms with Gasteiger partial charge in [-0.3, -0.25) is 4.79 Å². The standard InChI is InChI=1S/C15H17N5O3/c21-12-2-3-15(4-7-22-10-15)9-20(12)8-11-18-14(19-23-11)13-16-5-1-6-17-13/h1,5-6H,2-4,7-10H2. The van der Waals surface area contributed by atoms with Crippen LogP contribution in [0.1, 0.15) is 25.2 Å². The summed E-state index contributed by atoms with van der Waals surface area (Å²) in [5.41, 5.74) is 0.0965. The van der Waals surface area contributed by atoms with Crippen LogP contribution in [0.15, 0.2) is 23.0 Å². The molecule has 2 saturated heterocycles. The van der Waals surface area contributed by atoms with Crippen LogP contribution < -0.4 is 0 Å². The minimum absolute atomic E-state index is 0.0965. The Balaban J connectivity index is 1.49. The van der Waals surface area contributed by atoms with Crippen LogP contribution in [0.4, 0.5) is 0 Å². The molecule has 0 radical (unpaired) electrons. The highest BCUT2D eigenvalue weighted by molar-refractivity contribution is 5.77. The van der Waals surface area contributed by atoms with Gasteiger partial charge >= 0.3 is 0 Å². The molecular formula is C15H17N5O3. The third-order valence-corrected chi connectivity index (χ3v) is 4.49. The summed E-state index contributed by atoms with van der Waals surface area (Å²) in [6.07, 6.45) is 5.69. The molecule has 2 aliphatic heterocycles. The number of ether oxygens (including phenoxy) is 1. The highest BCUT2D eigenvalue weighted by Crippen LogP contribution is 2.38. The van der Waals surface area contributed by atoms with Gasteiger partial charge in [-0.05, 0) is 18.9 Å². The van der Waals surface area contributed by atoms with E-state index in [0.717, 1.165) is 26.1 Å². The van der Waals surface area contributed by atoms with Crippen molar-refractivity contribution in [2.75, 3.05) is 19.8 Å². The fourth-order valence-corrected chi connectivity index (χ4v) is 3.21. The zero-order valence-corrected chi connectivity index (χ0v) is 12.6. The van der Waals surface area contributed by atoms with Crippen LogP contribution in [0.5, 0.6) is 0 Å². The van der Waals surface area contributed by atoms with Crippen molar-refractivity contribution in [3.05, 3.63) is 24.4 Å². The smallest absolute Gasteiger partial charge is 0.246 e. The second-order valence-electron chi connectivity index (χ2n) is 6.14. The van der Waals surface area contributed by atoms with Crippen molar-refractivity contribution in [3.8, 4) is 11.6 Å². The SMILES string of the molecule is O=C1CCC2(CCOC2)CN1Cc1nc(-c2ncccn2)no1. The molecule has 2 fully saturated rings. The molecule has 2 aromatic heterocycles. The first-order valence-corrected chi connectivity index (χ1v) is 7.70. The van der Waals surface area contributed by atoms with Crippen LogP contribution in [-0.4, -0.2) is 50.7 Å². The van der Waals surface area contributed by atoms with Gasteiger partial charge in [0.2, 0.25) is 23.4 Å². The maximum absolute atomic E-state index is 12.2. The second kappa shape index (κ2) is 5.69. The number of aromatic nitrogens is 4. The summed E-state index contributed by atoms with van der Waals surface area (Å²) in [4.78, 5) is 26.5.